The van der Waals surface area contributed by atoms with E-state index < -0.39 is 29.4 Å². The molecule has 0 aliphatic rings. The minimum atomic E-state index is -0.949. The number of aromatic nitrogens is 2. The van der Waals surface area contributed by atoms with E-state index in [1.165, 1.54) is 23.5 Å². The number of rotatable bonds is 11. The molecule has 4 N–H and O–H groups in total. The minimum absolute atomic E-state index is 0.00805. The molecule has 0 radical (unpaired) electrons. The number of hydrogen-bond donors (Lipinski definition) is 3. The lowest BCUT2D eigenvalue weighted by molar-refractivity contribution is -0.110. The zero-order chi connectivity index (χ0) is 26.5. The third kappa shape index (κ3) is 6.04. The molecule has 2 heterocycles. The molecule has 0 bridgehead atoms. The Kier molecular flexibility index (Phi) is 7.99. The summed E-state index contributed by atoms with van der Waals surface area (Å²) >= 11 is 1.32. The molecule has 2 amide bonds. The van der Waals surface area contributed by atoms with Gasteiger partial charge in [0, 0.05) is 25.3 Å². The first-order chi connectivity index (χ1) is 17.8. The Morgan fingerprint density at radius 1 is 1.14 bits per heavy atom. The maximum Gasteiger partial charge on any atom is 0.251 e. The van der Waals surface area contributed by atoms with Gasteiger partial charge in [-0.05, 0) is 47.9 Å². The Hall–Kier alpha value is -4.03. The van der Waals surface area contributed by atoms with Crippen LogP contribution in [0.15, 0.2) is 42.5 Å². The number of fused-ring (bicyclic) bond motifs is 1. The topological polar surface area (TPSA) is 119 Å². The van der Waals surface area contributed by atoms with Gasteiger partial charge in [-0.15, -0.1) is 0 Å². The number of pyridine rings is 1. The molecule has 4 rings (SSSR count). The third-order valence-electron chi connectivity index (χ3n) is 5.50. The van der Waals surface area contributed by atoms with Crippen LogP contribution in [0.1, 0.15) is 27.7 Å². The molecule has 0 saturated carbocycles. The highest BCUT2D eigenvalue weighted by Gasteiger charge is 2.23. The normalized spacial score (nSPS) is 11.9. The zero-order valence-corrected chi connectivity index (χ0v) is 20.4. The summed E-state index contributed by atoms with van der Waals surface area (Å²) in [5, 5.41) is 6.35. The first kappa shape index (κ1) is 26.0. The smallest absolute Gasteiger partial charge is 0.251 e. The van der Waals surface area contributed by atoms with Crippen molar-refractivity contribution in [2.75, 3.05) is 25.6 Å². The zero-order valence-electron chi connectivity index (χ0n) is 19.6. The molecule has 0 aliphatic carbocycles. The Bertz CT molecular complexity index is 1440. The maximum atomic E-state index is 14.2. The van der Waals surface area contributed by atoms with Gasteiger partial charge in [-0.3, -0.25) is 9.59 Å². The van der Waals surface area contributed by atoms with Crippen molar-refractivity contribution in [3.8, 4) is 11.1 Å². The highest BCUT2D eigenvalue weighted by atomic mass is 32.1. The van der Waals surface area contributed by atoms with Crippen molar-refractivity contribution in [1.29, 1.82) is 0 Å². The van der Waals surface area contributed by atoms with Crippen LogP contribution in [0, 0.1) is 17.5 Å². The fourth-order valence-corrected chi connectivity index (χ4v) is 4.75. The van der Waals surface area contributed by atoms with Gasteiger partial charge in [0.1, 0.15) is 17.5 Å². The summed E-state index contributed by atoms with van der Waals surface area (Å²) in [6.45, 7) is 0.970. The van der Waals surface area contributed by atoms with Crippen LogP contribution in [0.4, 0.5) is 18.3 Å². The van der Waals surface area contributed by atoms with Crippen molar-refractivity contribution < 1.29 is 27.5 Å². The summed E-state index contributed by atoms with van der Waals surface area (Å²) in [5.41, 5.74) is 6.84. The van der Waals surface area contributed by atoms with Gasteiger partial charge in [0.25, 0.3) is 5.91 Å². The summed E-state index contributed by atoms with van der Waals surface area (Å²) in [7, 11) is 1.58. The quantitative estimate of drug-likeness (QED) is 0.200. The van der Waals surface area contributed by atoms with Gasteiger partial charge in [-0.25, -0.2) is 23.1 Å². The fraction of sp³-hybridized carbons (Fsp3) is 0.200. The number of nitrogens with two attached hydrogens (primary N) is 1. The molecule has 8 nitrogen and oxygen atoms in total. The largest absolute Gasteiger partial charge is 0.383 e. The molecular weight excluding hydrogens is 507 g/mol. The van der Waals surface area contributed by atoms with E-state index in [2.05, 4.69) is 20.6 Å². The van der Waals surface area contributed by atoms with Gasteiger partial charge in [-0.2, -0.15) is 0 Å². The van der Waals surface area contributed by atoms with E-state index in [9.17, 15) is 22.8 Å². The van der Waals surface area contributed by atoms with E-state index in [1.807, 2.05) is 0 Å². The van der Waals surface area contributed by atoms with Crippen LogP contribution in [0.25, 0.3) is 21.5 Å². The van der Waals surface area contributed by atoms with Gasteiger partial charge < -0.3 is 21.1 Å². The number of nitrogens with one attached hydrogen (secondary N) is 2. The highest BCUT2D eigenvalue weighted by molar-refractivity contribution is 7.22. The first-order valence-corrected chi connectivity index (χ1v) is 11.9. The van der Waals surface area contributed by atoms with Crippen LogP contribution >= 0.6 is 11.3 Å². The van der Waals surface area contributed by atoms with Crippen LogP contribution in [0.3, 0.4) is 0 Å². The number of methoxy groups -OCH3 is 1. The second kappa shape index (κ2) is 11.4. The van der Waals surface area contributed by atoms with E-state index in [4.69, 9.17) is 10.5 Å². The minimum Gasteiger partial charge on any atom is -0.383 e. The number of carbonyl (C=O) groups is 2. The van der Waals surface area contributed by atoms with E-state index in [-0.39, 0.29) is 17.5 Å². The predicted molar refractivity (Wildman–Crippen MR) is 134 cm³/mol. The van der Waals surface area contributed by atoms with Crippen LogP contribution in [0.5, 0.6) is 0 Å². The summed E-state index contributed by atoms with van der Waals surface area (Å²) < 4.78 is 47.6. The molecule has 1 unspecified atom stereocenters. The monoisotopic (exact) mass is 529 g/mol. The second-order valence-corrected chi connectivity index (χ2v) is 9.09. The van der Waals surface area contributed by atoms with Gasteiger partial charge in [0.15, 0.2) is 10.8 Å². The van der Waals surface area contributed by atoms with E-state index in [0.717, 1.165) is 24.3 Å². The number of halogens is 3. The maximum absolute atomic E-state index is 14.2. The Morgan fingerprint density at radius 2 is 1.89 bits per heavy atom. The molecule has 0 saturated heterocycles. The molecule has 2 aromatic carbocycles. The van der Waals surface area contributed by atoms with Crippen LogP contribution in [0.2, 0.25) is 0 Å². The molecule has 0 aliphatic heterocycles. The number of anilines is 1. The Labute approximate surface area is 213 Å². The van der Waals surface area contributed by atoms with E-state index in [1.54, 1.807) is 13.2 Å². The molecule has 0 fully saturated rings. The first-order valence-electron chi connectivity index (χ1n) is 11.1. The lowest BCUT2D eigenvalue weighted by Crippen LogP contribution is -2.24. The van der Waals surface area contributed by atoms with Crippen molar-refractivity contribution in [1.82, 2.24) is 15.3 Å². The molecule has 12 heteroatoms. The van der Waals surface area contributed by atoms with Gasteiger partial charge in [0.05, 0.1) is 28.6 Å². The number of hydrogen-bond acceptors (Lipinski definition) is 7. The molecule has 1 atom stereocenters. The number of nitrogens with zero attached hydrogens (tertiary/aromatic N) is 2. The van der Waals surface area contributed by atoms with Crippen LogP contribution in [-0.4, -0.2) is 42.5 Å². The molecule has 4 aromatic rings. The summed E-state index contributed by atoms with van der Waals surface area (Å²) in [6, 6.07) is 7.83. The van der Waals surface area contributed by atoms with Gasteiger partial charge in [0.2, 0.25) is 6.41 Å². The van der Waals surface area contributed by atoms with E-state index in [0.29, 0.717) is 51.9 Å². The van der Waals surface area contributed by atoms with Crippen molar-refractivity contribution >= 4 is 39.1 Å². The molecule has 37 heavy (non-hydrogen) atoms. The number of carbonyl (C=O) groups excluding carboxylic acids is 2. The number of amides is 2. The average molecular weight is 530 g/mol. The standard InChI is InChI=1S/C25H22F3N5O3S/c1-36-5-4-30-25-33-24-21(37-25)11-17(14-2-3-19(28)18(9-14)23(29)35)22(32-24)20(31-12-34)8-13-6-15(26)10-16(27)7-13/h2-3,6-7,9-12,20H,4-5,8H2,1H3,(H2,29,35)(H,31,34)(H,30,32,33). The average Bonchev–Trinajstić information content (AvgIpc) is 3.24. The lowest BCUT2D eigenvalue weighted by atomic mass is 9.94. The Morgan fingerprint density at radius 3 is 2.57 bits per heavy atom. The second-order valence-electron chi connectivity index (χ2n) is 8.06. The summed E-state index contributed by atoms with van der Waals surface area (Å²) in [5.74, 6) is -3.26. The van der Waals surface area contributed by atoms with Crippen LogP contribution < -0.4 is 16.4 Å². The number of benzene rings is 2. The number of primary amides is 1. The van der Waals surface area contributed by atoms with Crippen LogP contribution in [-0.2, 0) is 16.0 Å². The fourth-order valence-electron chi connectivity index (χ4n) is 3.87. The van der Waals surface area contributed by atoms with Crippen molar-refractivity contribution in [3.05, 3.63) is 76.7 Å². The predicted octanol–water partition coefficient (Wildman–Crippen LogP) is 3.96. The highest BCUT2D eigenvalue weighted by Crippen LogP contribution is 2.35. The molecule has 192 valence electrons. The number of thiazole rings is 1. The van der Waals surface area contributed by atoms with Crippen molar-refractivity contribution in [3.63, 3.8) is 0 Å². The SMILES string of the molecule is COCCNc1nc2nc(C(Cc3cc(F)cc(F)c3)NC=O)c(-c3ccc(F)c(C(N)=O)c3)cc2s1. The van der Waals surface area contributed by atoms with Crippen molar-refractivity contribution in [2.45, 2.75) is 12.5 Å². The summed E-state index contributed by atoms with van der Waals surface area (Å²) in [6.07, 6.45) is 0.445. The van der Waals surface area contributed by atoms with Crippen molar-refractivity contribution in [2.24, 2.45) is 5.73 Å². The molecule has 0 spiro atoms. The third-order valence-corrected chi connectivity index (χ3v) is 6.45. The van der Waals surface area contributed by atoms with E-state index >= 15 is 0 Å². The molecular formula is C25H22F3N5O3S. The molecule has 2 aromatic heterocycles. The Balaban J connectivity index is 1.87. The van der Waals surface area contributed by atoms with Gasteiger partial charge in [-0.1, -0.05) is 17.4 Å². The van der Waals surface area contributed by atoms with Gasteiger partial charge >= 0.3 is 0 Å². The number of ether oxygens (including phenoxy) is 1. The lowest BCUT2D eigenvalue weighted by Gasteiger charge is -2.20. The summed E-state index contributed by atoms with van der Waals surface area (Å²) in [4.78, 5) is 32.5.